The Morgan fingerprint density at radius 3 is 2.50 bits per heavy atom. The highest BCUT2D eigenvalue weighted by molar-refractivity contribution is 5.83. The molecule has 0 aliphatic carbocycles. The zero-order chi connectivity index (χ0) is 12.0. The zero-order valence-electron chi connectivity index (χ0n) is 9.94. The van der Waals surface area contributed by atoms with Crippen molar-refractivity contribution in [3.05, 3.63) is 36.4 Å². The Kier molecular flexibility index (Phi) is 4.45. The van der Waals surface area contributed by atoms with Crippen LogP contribution in [0.1, 0.15) is 20.8 Å². The first kappa shape index (κ1) is 12.2. The van der Waals surface area contributed by atoms with Crippen LogP contribution in [0.25, 0.3) is 10.9 Å². The molecule has 3 nitrogen and oxygen atoms in total. The standard InChI is InChI=1S/C11H11N3.C2H6/c1-8(12)13-11-7-6-9-4-2-3-5-10(9)14-11;1-2/h2-7H,1H3,(H2,12,13,14);1-2H3. The van der Waals surface area contributed by atoms with E-state index in [0.29, 0.717) is 11.7 Å². The number of hydrogen-bond donors (Lipinski definition) is 1. The van der Waals surface area contributed by atoms with Crippen molar-refractivity contribution >= 4 is 22.6 Å². The minimum absolute atomic E-state index is 0.521. The van der Waals surface area contributed by atoms with E-state index in [4.69, 9.17) is 5.73 Å². The number of amidine groups is 1. The van der Waals surface area contributed by atoms with Gasteiger partial charge >= 0.3 is 0 Å². The zero-order valence-corrected chi connectivity index (χ0v) is 9.94. The lowest BCUT2D eigenvalue weighted by atomic mass is 10.2. The fraction of sp³-hybridized carbons (Fsp3) is 0.231. The predicted octanol–water partition coefficient (Wildman–Crippen LogP) is 3.27. The fourth-order valence-electron chi connectivity index (χ4n) is 1.30. The van der Waals surface area contributed by atoms with Crippen LogP contribution in [0.5, 0.6) is 0 Å². The van der Waals surface area contributed by atoms with Gasteiger partial charge < -0.3 is 5.73 Å². The van der Waals surface area contributed by atoms with Gasteiger partial charge in [0.05, 0.1) is 11.4 Å². The summed E-state index contributed by atoms with van der Waals surface area (Å²) in [5.74, 6) is 1.18. The number of hydrogen-bond acceptors (Lipinski definition) is 2. The molecule has 0 unspecified atom stereocenters. The van der Waals surface area contributed by atoms with Crippen LogP contribution in [0.3, 0.4) is 0 Å². The van der Waals surface area contributed by atoms with E-state index in [9.17, 15) is 0 Å². The second kappa shape index (κ2) is 5.85. The fourth-order valence-corrected chi connectivity index (χ4v) is 1.30. The molecule has 0 aliphatic heterocycles. The maximum Gasteiger partial charge on any atom is 0.154 e. The third-order valence-electron chi connectivity index (χ3n) is 1.87. The number of pyridine rings is 1. The van der Waals surface area contributed by atoms with Crippen molar-refractivity contribution in [3.63, 3.8) is 0 Å². The van der Waals surface area contributed by atoms with E-state index >= 15 is 0 Å². The van der Waals surface area contributed by atoms with E-state index in [2.05, 4.69) is 9.98 Å². The van der Waals surface area contributed by atoms with Crippen LogP contribution in [0.4, 0.5) is 5.82 Å². The number of aromatic nitrogens is 1. The van der Waals surface area contributed by atoms with E-state index in [0.717, 1.165) is 10.9 Å². The van der Waals surface area contributed by atoms with Crippen molar-refractivity contribution < 1.29 is 0 Å². The molecule has 0 aliphatic rings. The second-order valence-corrected chi connectivity index (χ2v) is 3.12. The maximum atomic E-state index is 5.48. The van der Waals surface area contributed by atoms with Crippen LogP contribution in [0.2, 0.25) is 0 Å². The molecule has 0 radical (unpaired) electrons. The minimum Gasteiger partial charge on any atom is -0.387 e. The van der Waals surface area contributed by atoms with Gasteiger partial charge in [-0.25, -0.2) is 9.98 Å². The number of para-hydroxylation sites is 1. The lowest BCUT2D eigenvalue weighted by molar-refractivity contribution is 1.31. The van der Waals surface area contributed by atoms with E-state index in [1.54, 1.807) is 6.92 Å². The van der Waals surface area contributed by atoms with Crippen LogP contribution < -0.4 is 5.73 Å². The third-order valence-corrected chi connectivity index (χ3v) is 1.87. The average molecular weight is 215 g/mol. The number of nitrogens with zero attached hydrogens (tertiary/aromatic N) is 2. The summed E-state index contributed by atoms with van der Waals surface area (Å²) in [4.78, 5) is 8.44. The van der Waals surface area contributed by atoms with E-state index in [-0.39, 0.29) is 0 Å². The van der Waals surface area contributed by atoms with E-state index in [1.165, 1.54) is 0 Å². The molecule has 0 atom stereocenters. The summed E-state index contributed by atoms with van der Waals surface area (Å²) in [6.07, 6.45) is 0. The molecular formula is C13H17N3. The molecule has 0 saturated carbocycles. The molecule has 1 aromatic heterocycles. The van der Waals surface area contributed by atoms with Gasteiger partial charge in [-0.05, 0) is 25.1 Å². The maximum absolute atomic E-state index is 5.48. The first-order chi connectivity index (χ1) is 7.75. The number of nitrogens with two attached hydrogens (primary N) is 1. The normalized spacial score (nSPS) is 10.8. The Morgan fingerprint density at radius 2 is 1.81 bits per heavy atom. The summed E-state index contributed by atoms with van der Waals surface area (Å²) < 4.78 is 0. The highest BCUT2D eigenvalue weighted by Crippen LogP contribution is 2.16. The average Bonchev–Trinajstić information content (AvgIpc) is 2.31. The van der Waals surface area contributed by atoms with Gasteiger partial charge in [0, 0.05) is 5.39 Å². The van der Waals surface area contributed by atoms with Gasteiger partial charge in [0.1, 0.15) is 0 Å². The van der Waals surface area contributed by atoms with E-state index in [1.807, 2.05) is 50.2 Å². The van der Waals surface area contributed by atoms with Gasteiger partial charge in [0.25, 0.3) is 0 Å². The summed E-state index contributed by atoms with van der Waals surface area (Å²) in [6.45, 7) is 5.75. The summed E-state index contributed by atoms with van der Waals surface area (Å²) in [6, 6.07) is 11.8. The molecule has 0 spiro atoms. The van der Waals surface area contributed by atoms with Gasteiger partial charge in [-0.3, -0.25) is 0 Å². The molecule has 2 N–H and O–H groups in total. The summed E-state index contributed by atoms with van der Waals surface area (Å²) >= 11 is 0. The molecule has 1 aromatic carbocycles. The molecule has 2 aromatic rings. The predicted molar refractivity (Wildman–Crippen MR) is 70.0 cm³/mol. The molecule has 84 valence electrons. The monoisotopic (exact) mass is 215 g/mol. The highest BCUT2D eigenvalue weighted by Gasteiger charge is 1.95. The SMILES string of the molecule is CC.CC(N)=Nc1ccc2ccccc2n1. The molecule has 0 saturated heterocycles. The first-order valence-corrected chi connectivity index (χ1v) is 5.42. The molecular weight excluding hydrogens is 198 g/mol. The Labute approximate surface area is 96.0 Å². The van der Waals surface area contributed by atoms with E-state index < -0.39 is 0 Å². The molecule has 2 rings (SSSR count). The van der Waals surface area contributed by atoms with Crippen molar-refractivity contribution in [1.82, 2.24) is 4.98 Å². The largest absolute Gasteiger partial charge is 0.387 e. The lowest BCUT2D eigenvalue weighted by Gasteiger charge is -1.98. The highest BCUT2D eigenvalue weighted by atomic mass is 14.9. The molecule has 3 heteroatoms. The molecule has 0 bridgehead atoms. The minimum atomic E-state index is 0.521. The Morgan fingerprint density at radius 1 is 1.12 bits per heavy atom. The Bertz CT molecular complexity index is 485. The first-order valence-electron chi connectivity index (χ1n) is 5.42. The van der Waals surface area contributed by atoms with Crippen LogP contribution in [-0.4, -0.2) is 10.8 Å². The van der Waals surface area contributed by atoms with Crippen LogP contribution in [0, 0.1) is 0 Å². The number of fused-ring (bicyclic) bond motifs is 1. The smallest absolute Gasteiger partial charge is 0.154 e. The van der Waals surface area contributed by atoms with Crippen molar-refractivity contribution in [1.29, 1.82) is 0 Å². The third kappa shape index (κ3) is 3.05. The van der Waals surface area contributed by atoms with Crippen molar-refractivity contribution in [2.24, 2.45) is 10.7 Å². The summed E-state index contributed by atoms with van der Waals surface area (Å²) in [7, 11) is 0. The quantitative estimate of drug-likeness (QED) is 0.586. The van der Waals surface area contributed by atoms with Gasteiger partial charge in [-0.2, -0.15) is 0 Å². The Balaban J connectivity index is 0.000000606. The van der Waals surface area contributed by atoms with Crippen LogP contribution >= 0.6 is 0 Å². The molecule has 0 amide bonds. The number of aliphatic imine (C=N–C) groups is 1. The lowest BCUT2D eigenvalue weighted by Crippen LogP contribution is -2.04. The van der Waals surface area contributed by atoms with Crippen LogP contribution in [0.15, 0.2) is 41.4 Å². The van der Waals surface area contributed by atoms with Crippen molar-refractivity contribution in [2.45, 2.75) is 20.8 Å². The van der Waals surface area contributed by atoms with Crippen molar-refractivity contribution in [2.75, 3.05) is 0 Å². The van der Waals surface area contributed by atoms with Gasteiger partial charge in [-0.1, -0.05) is 32.0 Å². The van der Waals surface area contributed by atoms with Gasteiger partial charge in [0.15, 0.2) is 5.82 Å². The van der Waals surface area contributed by atoms with Gasteiger partial charge in [0.2, 0.25) is 0 Å². The molecule has 1 heterocycles. The number of benzene rings is 1. The van der Waals surface area contributed by atoms with Crippen molar-refractivity contribution in [3.8, 4) is 0 Å². The number of rotatable bonds is 1. The van der Waals surface area contributed by atoms with Crippen LogP contribution in [-0.2, 0) is 0 Å². The molecule has 16 heavy (non-hydrogen) atoms. The second-order valence-electron chi connectivity index (χ2n) is 3.12. The summed E-state index contributed by atoms with van der Waals surface area (Å²) in [5, 5.41) is 1.11. The van der Waals surface area contributed by atoms with Gasteiger partial charge in [-0.15, -0.1) is 0 Å². The topological polar surface area (TPSA) is 51.3 Å². The Hall–Kier alpha value is -1.90. The molecule has 0 fully saturated rings. The summed E-state index contributed by atoms with van der Waals surface area (Å²) in [5.41, 5.74) is 6.42.